The highest BCUT2D eigenvalue weighted by atomic mass is 16.1. The lowest BCUT2D eigenvalue weighted by Crippen LogP contribution is -2.26. The van der Waals surface area contributed by atoms with Gasteiger partial charge in [-0.1, -0.05) is 12.5 Å². The Hall–Kier alpha value is -2.96. The second-order valence-corrected chi connectivity index (χ2v) is 9.18. The molecule has 2 aromatic heterocycles. The van der Waals surface area contributed by atoms with Gasteiger partial charge in [-0.25, -0.2) is 15.0 Å². The summed E-state index contributed by atoms with van der Waals surface area (Å²) in [5, 5.41) is 6.72. The smallest absolute Gasteiger partial charge is 0.251 e. The van der Waals surface area contributed by atoms with Crippen LogP contribution < -0.4 is 10.6 Å². The molecule has 1 aromatic carbocycles. The first-order valence-electron chi connectivity index (χ1n) is 11.0. The van der Waals surface area contributed by atoms with Crippen LogP contribution in [0.5, 0.6) is 0 Å². The van der Waals surface area contributed by atoms with E-state index in [9.17, 15) is 4.79 Å². The van der Waals surface area contributed by atoms with E-state index in [1.807, 2.05) is 29.7 Å². The average Bonchev–Trinajstić information content (AvgIpc) is 3.14. The van der Waals surface area contributed by atoms with Crippen molar-refractivity contribution >= 4 is 22.9 Å². The molecule has 7 nitrogen and oxygen atoms in total. The molecule has 1 amide bonds. The highest BCUT2D eigenvalue weighted by molar-refractivity contribution is 5.95. The number of benzene rings is 1. The number of hydrogen-bond donors (Lipinski definition) is 2. The Morgan fingerprint density at radius 1 is 1.10 bits per heavy atom. The minimum Gasteiger partial charge on any atom is -0.365 e. The van der Waals surface area contributed by atoms with Crippen LogP contribution in [0.25, 0.3) is 16.9 Å². The van der Waals surface area contributed by atoms with Crippen LogP contribution in [0.2, 0.25) is 0 Å². The summed E-state index contributed by atoms with van der Waals surface area (Å²) in [4.78, 5) is 26.2. The first-order valence-corrected chi connectivity index (χ1v) is 11.0. The fraction of sp³-hybridized carbons (Fsp3) is 0.478. The highest BCUT2D eigenvalue weighted by Crippen LogP contribution is 2.45. The van der Waals surface area contributed by atoms with Gasteiger partial charge in [-0.3, -0.25) is 9.36 Å². The second kappa shape index (κ2) is 6.79. The van der Waals surface area contributed by atoms with Gasteiger partial charge in [-0.15, -0.1) is 0 Å². The van der Waals surface area contributed by atoms with Gasteiger partial charge in [0.15, 0.2) is 17.0 Å². The van der Waals surface area contributed by atoms with E-state index in [2.05, 4.69) is 25.6 Å². The Labute approximate surface area is 175 Å². The molecule has 3 aromatic rings. The van der Waals surface area contributed by atoms with Crippen molar-refractivity contribution in [1.29, 1.82) is 0 Å². The molecule has 3 saturated carbocycles. The van der Waals surface area contributed by atoms with E-state index in [0.29, 0.717) is 17.6 Å². The van der Waals surface area contributed by atoms with Gasteiger partial charge in [0.2, 0.25) is 0 Å². The molecule has 3 aliphatic rings. The van der Waals surface area contributed by atoms with Gasteiger partial charge < -0.3 is 10.6 Å². The Morgan fingerprint density at radius 2 is 2.00 bits per heavy atom. The zero-order valence-corrected chi connectivity index (χ0v) is 17.1. The number of aromatic nitrogens is 4. The Balaban J connectivity index is 1.34. The number of amides is 1. The quantitative estimate of drug-likeness (QED) is 0.681. The fourth-order valence-corrected chi connectivity index (χ4v) is 5.22. The van der Waals surface area contributed by atoms with Gasteiger partial charge in [-0.2, -0.15) is 0 Å². The highest BCUT2D eigenvalue weighted by Gasteiger charge is 2.39. The Kier molecular flexibility index (Phi) is 4.04. The molecule has 0 spiro atoms. The van der Waals surface area contributed by atoms with Crippen LogP contribution >= 0.6 is 0 Å². The van der Waals surface area contributed by atoms with Crippen molar-refractivity contribution in [3.05, 3.63) is 42.0 Å². The number of nitrogens with zero attached hydrogens (tertiary/aromatic N) is 4. The van der Waals surface area contributed by atoms with Crippen molar-refractivity contribution < 1.29 is 4.79 Å². The number of hydrogen-bond acceptors (Lipinski definition) is 5. The predicted octanol–water partition coefficient (Wildman–Crippen LogP) is 3.62. The molecule has 30 heavy (non-hydrogen) atoms. The molecule has 2 bridgehead atoms. The molecule has 7 heteroatoms. The van der Waals surface area contributed by atoms with Crippen molar-refractivity contribution in [3.63, 3.8) is 0 Å². The maximum Gasteiger partial charge on any atom is 0.251 e. The molecule has 3 unspecified atom stereocenters. The molecule has 3 fully saturated rings. The predicted molar refractivity (Wildman–Crippen MR) is 115 cm³/mol. The number of aryl methyl sites for hydroxylation is 1. The molecule has 2 heterocycles. The number of carbonyl (C=O) groups is 1. The summed E-state index contributed by atoms with van der Waals surface area (Å²) in [5.74, 6) is 2.42. The second-order valence-electron chi connectivity index (χ2n) is 9.18. The molecule has 0 aliphatic heterocycles. The lowest BCUT2D eigenvalue weighted by atomic mass is 9.95. The lowest BCUT2D eigenvalue weighted by Gasteiger charge is -2.23. The van der Waals surface area contributed by atoms with Crippen molar-refractivity contribution in [2.45, 2.75) is 57.5 Å². The van der Waals surface area contributed by atoms with Crippen LogP contribution in [0.3, 0.4) is 0 Å². The van der Waals surface area contributed by atoms with Crippen LogP contribution in [0, 0.1) is 18.8 Å². The maximum atomic E-state index is 12.5. The van der Waals surface area contributed by atoms with Crippen LogP contribution in [0.1, 0.15) is 54.4 Å². The van der Waals surface area contributed by atoms with E-state index >= 15 is 0 Å². The van der Waals surface area contributed by atoms with E-state index in [1.165, 1.54) is 25.7 Å². The number of carbonyl (C=O) groups excluding carboxylic acids is 1. The third-order valence-electron chi connectivity index (χ3n) is 7.04. The summed E-state index contributed by atoms with van der Waals surface area (Å²) < 4.78 is 1.96. The van der Waals surface area contributed by atoms with Crippen LogP contribution in [0.4, 0.5) is 5.82 Å². The number of fused-ring (bicyclic) bond motifs is 3. The third-order valence-corrected chi connectivity index (χ3v) is 7.04. The van der Waals surface area contributed by atoms with Gasteiger partial charge in [0.05, 0.1) is 5.69 Å². The van der Waals surface area contributed by atoms with E-state index in [0.717, 1.165) is 52.9 Å². The molecule has 3 atom stereocenters. The molecule has 2 N–H and O–H groups in total. The van der Waals surface area contributed by atoms with Crippen molar-refractivity contribution in [1.82, 2.24) is 24.8 Å². The van der Waals surface area contributed by atoms with E-state index in [4.69, 9.17) is 0 Å². The minimum atomic E-state index is -0.0172. The SMILES string of the molecule is Cc1ccc(C(=O)NC2CC2)cc1-n1cnc2c(NC3CC4CCC3C4)ncnc21. The summed E-state index contributed by atoms with van der Waals surface area (Å²) in [7, 11) is 0. The molecular formula is C23H26N6O. The summed E-state index contributed by atoms with van der Waals surface area (Å²) in [6, 6.07) is 6.62. The zero-order chi connectivity index (χ0) is 20.2. The Morgan fingerprint density at radius 3 is 2.77 bits per heavy atom. The van der Waals surface area contributed by atoms with Crippen molar-refractivity contribution in [3.8, 4) is 5.69 Å². The van der Waals surface area contributed by atoms with Gasteiger partial charge in [0, 0.05) is 17.6 Å². The van der Waals surface area contributed by atoms with E-state index in [1.54, 1.807) is 12.7 Å². The zero-order valence-electron chi connectivity index (χ0n) is 17.1. The lowest BCUT2D eigenvalue weighted by molar-refractivity contribution is 0.0951. The first-order chi connectivity index (χ1) is 14.7. The first kappa shape index (κ1) is 17.9. The normalized spacial score (nSPS) is 25.0. The number of nitrogens with one attached hydrogen (secondary N) is 2. The third kappa shape index (κ3) is 3.04. The minimum absolute atomic E-state index is 0.0172. The van der Waals surface area contributed by atoms with Crippen LogP contribution in [-0.4, -0.2) is 37.5 Å². The molecule has 3 aliphatic carbocycles. The number of rotatable bonds is 5. The van der Waals surface area contributed by atoms with E-state index < -0.39 is 0 Å². The molecule has 6 rings (SSSR count). The van der Waals surface area contributed by atoms with Gasteiger partial charge in [0.1, 0.15) is 12.7 Å². The largest absolute Gasteiger partial charge is 0.365 e. The maximum absolute atomic E-state index is 12.5. The Bertz CT molecular complexity index is 1130. The summed E-state index contributed by atoms with van der Waals surface area (Å²) in [6.07, 6.45) is 10.8. The van der Waals surface area contributed by atoms with Gasteiger partial charge in [-0.05, 0) is 68.6 Å². The average molecular weight is 403 g/mol. The van der Waals surface area contributed by atoms with E-state index in [-0.39, 0.29) is 5.91 Å². The van der Waals surface area contributed by atoms with Gasteiger partial charge in [0.25, 0.3) is 5.91 Å². The number of imidazole rings is 1. The standard InChI is InChI=1S/C23H26N6O/c1-13-2-4-16(23(30)27-17-6-7-17)10-19(13)29-12-26-20-21(24-11-25-22(20)29)28-18-9-14-3-5-15(18)8-14/h2,4,10-12,14-15,17-18H,3,5-9H2,1H3,(H,27,30)(H,24,25,28). The summed E-state index contributed by atoms with van der Waals surface area (Å²) in [6.45, 7) is 2.04. The molecule has 154 valence electrons. The topological polar surface area (TPSA) is 84.7 Å². The monoisotopic (exact) mass is 402 g/mol. The van der Waals surface area contributed by atoms with Crippen molar-refractivity contribution in [2.75, 3.05) is 5.32 Å². The van der Waals surface area contributed by atoms with Gasteiger partial charge >= 0.3 is 0 Å². The molecule has 0 radical (unpaired) electrons. The number of anilines is 1. The molecular weight excluding hydrogens is 376 g/mol. The summed E-state index contributed by atoms with van der Waals surface area (Å²) in [5.41, 5.74) is 4.20. The molecule has 0 saturated heterocycles. The van der Waals surface area contributed by atoms with Crippen LogP contribution in [-0.2, 0) is 0 Å². The van der Waals surface area contributed by atoms with Crippen LogP contribution in [0.15, 0.2) is 30.9 Å². The summed E-state index contributed by atoms with van der Waals surface area (Å²) >= 11 is 0. The fourth-order valence-electron chi connectivity index (χ4n) is 5.22. The van der Waals surface area contributed by atoms with Crippen molar-refractivity contribution in [2.24, 2.45) is 11.8 Å².